The summed E-state index contributed by atoms with van der Waals surface area (Å²) in [6.07, 6.45) is 3.44. The molecule has 72 valence electrons. The number of piperazine rings is 1. The highest BCUT2D eigenvalue weighted by atomic mass is 15.5. The minimum Gasteiger partial charge on any atom is -0.314 e. The summed E-state index contributed by atoms with van der Waals surface area (Å²) in [6, 6.07) is 0. The van der Waals surface area contributed by atoms with Crippen LogP contribution in [0.5, 0.6) is 0 Å². The van der Waals surface area contributed by atoms with E-state index < -0.39 is 0 Å². The fourth-order valence-electron chi connectivity index (χ4n) is 1.52. The van der Waals surface area contributed by atoms with Crippen molar-refractivity contribution in [3.8, 4) is 0 Å². The standard InChI is InChI=1S/C8H15N5/c1-2-11-13(10-1)8-7-12-5-3-9-4-6-12/h1-2,9H,3-8H2. The molecule has 0 atom stereocenters. The Hall–Kier alpha value is -0.940. The highest BCUT2D eigenvalue weighted by molar-refractivity contribution is 4.67. The molecule has 0 saturated carbocycles. The van der Waals surface area contributed by atoms with Crippen LogP contribution in [-0.4, -0.2) is 52.6 Å². The van der Waals surface area contributed by atoms with E-state index in [9.17, 15) is 0 Å². The SMILES string of the molecule is c1cnn(CCN2CCNCC2)n1. The van der Waals surface area contributed by atoms with E-state index >= 15 is 0 Å². The molecule has 13 heavy (non-hydrogen) atoms. The second-order valence-corrected chi connectivity index (χ2v) is 3.22. The summed E-state index contributed by atoms with van der Waals surface area (Å²) < 4.78 is 0. The van der Waals surface area contributed by atoms with E-state index in [-0.39, 0.29) is 0 Å². The van der Waals surface area contributed by atoms with Crippen molar-refractivity contribution in [2.75, 3.05) is 32.7 Å². The molecule has 1 fully saturated rings. The Morgan fingerprint density at radius 3 is 2.46 bits per heavy atom. The Bertz CT molecular complexity index is 227. The van der Waals surface area contributed by atoms with Crippen LogP contribution in [0.25, 0.3) is 0 Å². The van der Waals surface area contributed by atoms with Gasteiger partial charge in [-0.3, -0.25) is 4.90 Å². The lowest BCUT2D eigenvalue weighted by molar-refractivity contribution is 0.225. The van der Waals surface area contributed by atoms with Crippen molar-refractivity contribution in [3.05, 3.63) is 12.4 Å². The number of nitrogens with zero attached hydrogens (tertiary/aromatic N) is 4. The molecule has 1 aliphatic heterocycles. The number of rotatable bonds is 3. The van der Waals surface area contributed by atoms with Gasteiger partial charge in [-0.05, 0) is 0 Å². The number of nitrogens with one attached hydrogen (secondary N) is 1. The van der Waals surface area contributed by atoms with Crippen molar-refractivity contribution in [2.24, 2.45) is 0 Å². The largest absolute Gasteiger partial charge is 0.314 e. The Morgan fingerprint density at radius 1 is 1.08 bits per heavy atom. The summed E-state index contributed by atoms with van der Waals surface area (Å²) in [6.45, 7) is 6.44. The van der Waals surface area contributed by atoms with E-state index in [2.05, 4.69) is 20.4 Å². The lowest BCUT2D eigenvalue weighted by Crippen LogP contribution is -2.44. The molecule has 5 heteroatoms. The lowest BCUT2D eigenvalue weighted by Gasteiger charge is -2.26. The van der Waals surface area contributed by atoms with E-state index in [0.29, 0.717) is 0 Å². The van der Waals surface area contributed by atoms with E-state index in [1.54, 1.807) is 17.2 Å². The summed E-state index contributed by atoms with van der Waals surface area (Å²) >= 11 is 0. The van der Waals surface area contributed by atoms with Gasteiger partial charge in [0.25, 0.3) is 0 Å². The molecule has 0 radical (unpaired) electrons. The highest BCUT2D eigenvalue weighted by Gasteiger charge is 2.08. The molecular weight excluding hydrogens is 166 g/mol. The number of aromatic nitrogens is 3. The van der Waals surface area contributed by atoms with Crippen LogP contribution in [0.15, 0.2) is 12.4 Å². The van der Waals surface area contributed by atoms with Crippen LogP contribution in [0, 0.1) is 0 Å². The zero-order valence-corrected chi connectivity index (χ0v) is 7.69. The lowest BCUT2D eigenvalue weighted by atomic mass is 10.3. The first kappa shape index (κ1) is 8.65. The molecule has 1 aromatic rings. The highest BCUT2D eigenvalue weighted by Crippen LogP contribution is 1.92. The van der Waals surface area contributed by atoms with Crippen molar-refractivity contribution in [1.29, 1.82) is 0 Å². The molecule has 1 saturated heterocycles. The minimum atomic E-state index is 0.896. The fraction of sp³-hybridized carbons (Fsp3) is 0.750. The number of hydrogen-bond acceptors (Lipinski definition) is 4. The third-order valence-corrected chi connectivity index (χ3v) is 2.29. The van der Waals surface area contributed by atoms with Crippen molar-refractivity contribution < 1.29 is 0 Å². The maximum atomic E-state index is 4.06. The van der Waals surface area contributed by atoms with E-state index in [1.165, 1.54) is 0 Å². The molecule has 2 rings (SSSR count). The van der Waals surface area contributed by atoms with Gasteiger partial charge in [0, 0.05) is 32.7 Å². The average molecular weight is 181 g/mol. The van der Waals surface area contributed by atoms with Crippen LogP contribution in [0.3, 0.4) is 0 Å². The zero-order chi connectivity index (χ0) is 8.93. The first-order valence-corrected chi connectivity index (χ1v) is 4.72. The monoisotopic (exact) mass is 181 g/mol. The molecule has 1 aromatic heterocycles. The topological polar surface area (TPSA) is 46.0 Å². The molecule has 0 amide bonds. The molecule has 0 aliphatic carbocycles. The Labute approximate surface area is 77.7 Å². The quantitative estimate of drug-likeness (QED) is 0.662. The van der Waals surface area contributed by atoms with Crippen LogP contribution in [0.1, 0.15) is 0 Å². The van der Waals surface area contributed by atoms with Crippen molar-refractivity contribution >= 4 is 0 Å². The van der Waals surface area contributed by atoms with E-state index in [0.717, 1.165) is 39.3 Å². The summed E-state index contributed by atoms with van der Waals surface area (Å²) in [7, 11) is 0. The summed E-state index contributed by atoms with van der Waals surface area (Å²) in [5.74, 6) is 0. The van der Waals surface area contributed by atoms with Gasteiger partial charge < -0.3 is 5.32 Å². The summed E-state index contributed by atoms with van der Waals surface area (Å²) in [4.78, 5) is 4.17. The van der Waals surface area contributed by atoms with Gasteiger partial charge in [0.05, 0.1) is 18.9 Å². The predicted octanol–water partition coefficient (Wildman–Crippen LogP) is -0.817. The van der Waals surface area contributed by atoms with Gasteiger partial charge in [-0.25, -0.2) is 0 Å². The van der Waals surface area contributed by atoms with Gasteiger partial charge in [0.15, 0.2) is 0 Å². The first-order chi connectivity index (χ1) is 6.45. The fourth-order valence-corrected chi connectivity index (χ4v) is 1.52. The van der Waals surface area contributed by atoms with Crippen molar-refractivity contribution in [2.45, 2.75) is 6.54 Å². The van der Waals surface area contributed by atoms with Crippen LogP contribution in [-0.2, 0) is 6.54 Å². The Morgan fingerprint density at radius 2 is 1.77 bits per heavy atom. The predicted molar refractivity (Wildman–Crippen MR) is 49.3 cm³/mol. The molecule has 0 spiro atoms. The molecule has 1 N–H and O–H groups in total. The molecule has 0 unspecified atom stereocenters. The van der Waals surface area contributed by atoms with Crippen LogP contribution < -0.4 is 5.32 Å². The molecule has 5 nitrogen and oxygen atoms in total. The average Bonchev–Trinajstić information content (AvgIpc) is 2.69. The zero-order valence-electron chi connectivity index (χ0n) is 7.69. The van der Waals surface area contributed by atoms with Gasteiger partial charge in [0.2, 0.25) is 0 Å². The summed E-state index contributed by atoms with van der Waals surface area (Å²) in [5.41, 5.74) is 0. The normalized spacial score (nSPS) is 19.1. The summed E-state index contributed by atoms with van der Waals surface area (Å²) in [5, 5.41) is 11.5. The maximum Gasteiger partial charge on any atom is 0.0734 e. The molecule has 0 aromatic carbocycles. The van der Waals surface area contributed by atoms with E-state index in [4.69, 9.17) is 0 Å². The minimum absolute atomic E-state index is 0.896. The van der Waals surface area contributed by atoms with Gasteiger partial charge in [-0.1, -0.05) is 0 Å². The Balaban J connectivity index is 1.72. The van der Waals surface area contributed by atoms with Gasteiger partial charge in [-0.15, -0.1) is 0 Å². The van der Waals surface area contributed by atoms with Crippen LogP contribution >= 0.6 is 0 Å². The van der Waals surface area contributed by atoms with Gasteiger partial charge >= 0.3 is 0 Å². The van der Waals surface area contributed by atoms with Crippen molar-refractivity contribution in [1.82, 2.24) is 25.2 Å². The maximum absolute atomic E-state index is 4.06. The second kappa shape index (κ2) is 4.34. The van der Waals surface area contributed by atoms with Gasteiger partial charge in [0.1, 0.15) is 0 Å². The van der Waals surface area contributed by atoms with Gasteiger partial charge in [-0.2, -0.15) is 15.0 Å². The first-order valence-electron chi connectivity index (χ1n) is 4.72. The smallest absolute Gasteiger partial charge is 0.0734 e. The van der Waals surface area contributed by atoms with Crippen LogP contribution in [0.2, 0.25) is 0 Å². The molecule has 2 heterocycles. The van der Waals surface area contributed by atoms with Crippen molar-refractivity contribution in [3.63, 3.8) is 0 Å². The van der Waals surface area contributed by atoms with E-state index in [1.807, 2.05) is 0 Å². The molecule has 1 aliphatic rings. The Kier molecular flexibility index (Phi) is 2.89. The molecular formula is C8H15N5. The van der Waals surface area contributed by atoms with Crippen LogP contribution in [0.4, 0.5) is 0 Å². The number of hydrogen-bond donors (Lipinski definition) is 1. The third kappa shape index (κ3) is 2.50. The second-order valence-electron chi connectivity index (χ2n) is 3.22. The third-order valence-electron chi connectivity index (χ3n) is 2.29. The molecule has 0 bridgehead atoms.